The molecule has 0 unspecified atom stereocenters. The topological polar surface area (TPSA) is 20.3 Å². The smallest absolute Gasteiger partial charge is 0.127 e. The molecular weight excluding hydrogens is 314 g/mol. The van der Waals surface area contributed by atoms with Crippen LogP contribution in [0, 0.1) is 11.3 Å². The summed E-state index contributed by atoms with van der Waals surface area (Å²) in [6, 6.07) is 8.30. The third-order valence-corrected chi connectivity index (χ3v) is 5.28. The lowest BCUT2D eigenvalue weighted by Crippen LogP contribution is -2.39. The van der Waals surface area contributed by atoms with Gasteiger partial charge in [0.05, 0.1) is 0 Å². The molecule has 20 heavy (non-hydrogen) atoms. The first-order chi connectivity index (χ1) is 9.54. The van der Waals surface area contributed by atoms with Gasteiger partial charge in [-0.1, -0.05) is 41.1 Å². The van der Waals surface area contributed by atoms with Crippen molar-refractivity contribution < 1.29 is 4.79 Å². The Bertz CT molecular complexity index is 452. The fourth-order valence-corrected chi connectivity index (χ4v) is 3.57. The van der Waals surface area contributed by atoms with E-state index in [0.29, 0.717) is 0 Å². The summed E-state index contributed by atoms with van der Waals surface area (Å²) in [6.07, 6.45) is 5.66. The Labute approximate surface area is 130 Å². The molecule has 0 N–H and O–H groups in total. The Hall–Kier alpha value is -0.670. The zero-order valence-corrected chi connectivity index (χ0v) is 14.0. The molecule has 0 bridgehead atoms. The highest BCUT2D eigenvalue weighted by Crippen LogP contribution is 2.38. The van der Waals surface area contributed by atoms with Gasteiger partial charge >= 0.3 is 0 Å². The lowest BCUT2D eigenvalue weighted by atomic mass is 9.71. The summed E-state index contributed by atoms with van der Waals surface area (Å²) >= 11 is 3.59. The fraction of sp³-hybridized carbons (Fsp3) is 0.588. The Morgan fingerprint density at radius 2 is 2.00 bits per heavy atom. The van der Waals surface area contributed by atoms with Crippen LogP contribution in [0.4, 0.5) is 0 Å². The first-order valence-electron chi connectivity index (χ1n) is 7.43. The van der Waals surface area contributed by atoms with E-state index >= 15 is 0 Å². The van der Waals surface area contributed by atoms with Crippen LogP contribution in [0.3, 0.4) is 0 Å². The maximum absolute atomic E-state index is 11.6. The number of hydrogen-bond donors (Lipinski definition) is 0. The van der Waals surface area contributed by atoms with Crippen molar-refractivity contribution in [3.63, 3.8) is 0 Å². The molecule has 1 aliphatic carbocycles. The van der Waals surface area contributed by atoms with Crippen LogP contribution in [0.1, 0.15) is 38.2 Å². The zero-order valence-electron chi connectivity index (χ0n) is 12.4. The molecule has 0 atom stereocenters. The molecule has 1 saturated carbocycles. The van der Waals surface area contributed by atoms with E-state index in [1.54, 1.807) is 0 Å². The molecule has 0 aliphatic heterocycles. The molecule has 0 radical (unpaired) electrons. The van der Waals surface area contributed by atoms with Crippen molar-refractivity contribution in [1.82, 2.24) is 4.90 Å². The Morgan fingerprint density at radius 3 is 2.60 bits per heavy atom. The molecule has 2 nitrogen and oxygen atoms in total. The van der Waals surface area contributed by atoms with Crippen molar-refractivity contribution in [1.29, 1.82) is 0 Å². The molecule has 1 aromatic rings. The van der Waals surface area contributed by atoms with Crippen molar-refractivity contribution in [2.45, 2.75) is 39.2 Å². The molecule has 2 rings (SSSR count). The van der Waals surface area contributed by atoms with Crippen molar-refractivity contribution >= 4 is 22.2 Å². The lowest BCUT2D eigenvalue weighted by molar-refractivity contribution is -0.119. The fourth-order valence-electron chi connectivity index (χ4n) is 3.16. The van der Waals surface area contributed by atoms with Gasteiger partial charge in [0.25, 0.3) is 0 Å². The van der Waals surface area contributed by atoms with Gasteiger partial charge in [-0.25, -0.2) is 0 Å². The second-order valence-corrected chi connectivity index (χ2v) is 7.28. The lowest BCUT2D eigenvalue weighted by Gasteiger charge is -2.37. The SMILES string of the molecule is CC1CCC(C=O)(CN(C)Cc2ccccc2Br)CC1. The maximum Gasteiger partial charge on any atom is 0.127 e. The second-order valence-electron chi connectivity index (χ2n) is 6.43. The minimum atomic E-state index is -0.123. The van der Waals surface area contributed by atoms with Crippen LogP contribution in [0.25, 0.3) is 0 Å². The molecule has 110 valence electrons. The van der Waals surface area contributed by atoms with Gasteiger partial charge in [0.15, 0.2) is 0 Å². The molecule has 0 amide bonds. The van der Waals surface area contributed by atoms with Crippen molar-refractivity contribution in [2.24, 2.45) is 11.3 Å². The van der Waals surface area contributed by atoms with Crippen LogP contribution in [0.2, 0.25) is 0 Å². The molecule has 3 heteroatoms. The van der Waals surface area contributed by atoms with E-state index in [9.17, 15) is 4.79 Å². The average Bonchev–Trinajstić information content (AvgIpc) is 2.44. The van der Waals surface area contributed by atoms with Gasteiger partial charge in [-0.15, -0.1) is 0 Å². The Balaban J connectivity index is 1.98. The van der Waals surface area contributed by atoms with E-state index in [4.69, 9.17) is 0 Å². The number of nitrogens with zero attached hydrogens (tertiary/aromatic N) is 1. The van der Waals surface area contributed by atoms with Crippen molar-refractivity contribution in [3.8, 4) is 0 Å². The van der Waals surface area contributed by atoms with Gasteiger partial charge in [0.2, 0.25) is 0 Å². The van der Waals surface area contributed by atoms with Crippen LogP contribution in [0.15, 0.2) is 28.7 Å². The van der Waals surface area contributed by atoms with Gasteiger partial charge < -0.3 is 9.69 Å². The second kappa shape index (κ2) is 6.86. The molecule has 1 fully saturated rings. The summed E-state index contributed by atoms with van der Waals surface area (Å²) in [5.41, 5.74) is 1.16. The average molecular weight is 338 g/mol. The standard InChI is InChI=1S/C17H24BrNO/c1-14-7-9-17(13-20,10-8-14)12-19(2)11-15-5-3-4-6-16(15)18/h3-6,13-14H,7-12H2,1-2H3. The Morgan fingerprint density at radius 1 is 1.35 bits per heavy atom. The quantitative estimate of drug-likeness (QED) is 0.747. The summed E-state index contributed by atoms with van der Waals surface area (Å²) < 4.78 is 1.14. The maximum atomic E-state index is 11.6. The monoisotopic (exact) mass is 337 g/mol. The number of benzene rings is 1. The van der Waals surface area contributed by atoms with Crippen molar-refractivity contribution in [3.05, 3.63) is 34.3 Å². The molecule has 0 saturated heterocycles. The van der Waals surface area contributed by atoms with E-state index in [0.717, 1.165) is 36.3 Å². The largest absolute Gasteiger partial charge is 0.303 e. The van der Waals surface area contributed by atoms with E-state index in [1.807, 2.05) is 6.07 Å². The molecule has 0 heterocycles. The minimum Gasteiger partial charge on any atom is -0.303 e. The number of carbonyl (C=O) groups is 1. The molecule has 1 aliphatic rings. The molecular formula is C17H24BrNO. The minimum absolute atomic E-state index is 0.123. The third-order valence-electron chi connectivity index (χ3n) is 4.50. The number of aldehydes is 1. The number of carbonyl (C=O) groups excluding carboxylic acids is 1. The number of halogens is 1. The summed E-state index contributed by atoms with van der Waals surface area (Å²) in [6.45, 7) is 4.04. The third kappa shape index (κ3) is 3.92. The van der Waals surface area contributed by atoms with Gasteiger partial charge in [-0.2, -0.15) is 0 Å². The van der Waals surface area contributed by atoms with E-state index in [1.165, 1.54) is 24.7 Å². The summed E-state index contributed by atoms with van der Waals surface area (Å²) in [4.78, 5) is 13.9. The first kappa shape index (κ1) is 15.7. The number of hydrogen-bond acceptors (Lipinski definition) is 2. The predicted octanol–water partition coefficient (Wildman–Crippen LogP) is 4.28. The van der Waals surface area contributed by atoms with E-state index in [-0.39, 0.29) is 5.41 Å². The predicted molar refractivity (Wildman–Crippen MR) is 86.6 cm³/mol. The van der Waals surface area contributed by atoms with Gasteiger partial charge in [-0.3, -0.25) is 0 Å². The van der Waals surface area contributed by atoms with Crippen molar-refractivity contribution in [2.75, 3.05) is 13.6 Å². The van der Waals surface area contributed by atoms with Gasteiger partial charge in [-0.05, 0) is 50.3 Å². The summed E-state index contributed by atoms with van der Waals surface area (Å²) in [5, 5.41) is 0. The van der Waals surface area contributed by atoms with E-state index in [2.05, 4.69) is 53.0 Å². The van der Waals surface area contributed by atoms with Crippen LogP contribution >= 0.6 is 15.9 Å². The summed E-state index contributed by atoms with van der Waals surface area (Å²) in [7, 11) is 2.11. The highest BCUT2D eigenvalue weighted by molar-refractivity contribution is 9.10. The van der Waals surface area contributed by atoms with E-state index < -0.39 is 0 Å². The highest BCUT2D eigenvalue weighted by Gasteiger charge is 2.34. The highest BCUT2D eigenvalue weighted by atomic mass is 79.9. The van der Waals surface area contributed by atoms with Gasteiger partial charge in [0.1, 0.15) is 6.29 Å². The normalized spacial score (nSPS) is 26.7. The molecule has 0 spiro atoms. The Kier molecular flexibility index (Phi) is 5.39. The zero-order chi connectivity index (χ0) is 14.6. The summed E-state index contributed by atoms with van der Waals surface area (Å²) in [5.74, 6) is 0.775. The van der Waals surface area contributed by atoms with Crippen LogP contribution in [-0.4, -0.2) is 24.8 Å². The van der Waals surface area contributed by atoms with Crippen LogP contribution in [-0.2, 0) is 11.3 Å². The van der Waals surface area contributed by atoms with Crippen LogP contribution in [0.5, 0.6) is 0 Å². The number of rotatable bonds is 5. The molecule has 1 aromatic carbocycles. The van der Waals surface area contributed by atoms with Gasteiger partial charge in [0, 0.05) is 23.0 Å². The first-order valence-corrected chi connectivity index (χ1v) is 8.22. The van der Waals surface area contributed by atoms with Crippen LogP contribution < -0.4 is 0 Å². The molecule has 0 aromatic heterocycles.